The summed E-state index contributed by atoms with van der Waals surface area (Å²) in [5, 5.41) is 12.0. The van der Waals surface area contributed by atoms with Crippen LogP contribution in [0.15, 0.2) is 53.4 Å². The van der Waals surface area contributed by atoms with Gasteiger partial charge in [0.15, 0.2) is 0 Å². The SMILES string of the molecule is CN(C)C(=O)Oc1ccc(C[C@@H](C(=O)O)N(C(=O)[C@H]2NC(C)(C)CS2)S(=O)(=O)c2ccc(OC(F)(F)F)cc2)cc1. The number of hydrogen-bond acceptors (Lipinski definition) is 9. The van der Waals surface area contributed by atoms with Gasteiger partial charge in [0.1, 0.15) is 22.9 Å². The van der Waals surface area contributed by atoms with Crippen LogP contribution in [-0.4, -0.2) is 83.9 Å². The van der Waals surface area contributed by atoms with E-state index in [9.17, 15) is 41.1 Å². The molecule has 2 atom stereocenters. The average Bonchev–Trinajstić information content (AvgIpc) is 3.23. The van der Waals surface area contributed by atoms with Crippen LogP contribution in [0.1, 0.15) is 19.4 Å². The summed E-state index contributed by atoms with van der Waals surface area (Å²) in [6.07, 6.45) is -6.13. The molecule has 2 N–H and O–H groups in total. The molecule has 0 aromatic heterocycles. The van der Waals surface area contributed by atoms with Crippen molar-refractivity contribution >= 4 is 39.8 Å². The van der Waals surface area contributed by atoms with Gasteiger partial charge in [-0.2, -0.15) is 0 Å². The van der Waals surface area contributed by atoms with Crippen LogP contribution in [0.25, 0.3) is 0 Å². The number of amides is 2. The van der Waals surface area contributed by atoms with E-state index in [0.717, 1.165) is 36.0 Å². The summed E-state index contributed by atoms with van der Waals surface area (Å²) in [6.45, 7) is 3.57. The van der Waals surface area contributed by atoms with Crippen LogP contribution in [0.3, 0.4) is 0 Å². The standard InChI is InChI=1S/C25H28F3N3O8S2/c1-24(2)14-40-20(29-24)21(32)31(41(36,37)18-11-9-17(10-12-18)39-25(26,27)28)19(22(33)34)13-15-5-7-16(8-6-15)38-23(35)30(3)4/h5-12,19-20,29H,13-14H2,1-4H3,(H,33,34)/t19-,20-/m0/s1. The van der Waals surface area contributed by atoms with Crippen LogP contribution in [-0.2, 0) is 26.0 Å². The van der Waals surface area contributed by atoms with Gasteiger partial charge in [0, 0.05) is 31.8 Å². The van der Waals surface area contributed by atoms with E-state index in [4.69, 9.17) is 4.74 Å². The molecule has 0 unspecified atom stereocenters. The first-order valence-corrected chi connectivity index (χ1v) is 14.4. The normalized spacial score (nSPS) is 17.4. The van der Waals surface area contributed by atoms with Gasteiger partial charge in [0.2, 0.25) is 0 Å². The summed E-state index contributed by atoms with van der Waals surface area (Å²) in [5.41, 5.74) is -0.258. The fraction of sp³-hybridized carbons (Fsp3) is 0.400. The summed E-state index contributed by atoms with van der Waals surface area (Å²) >= 11 is 1.09. The molecule has 16 heteroatoms. The summed E-state index contributed by atoms with van der Waals surface area (Å²) in [7, 11) is -1.93. The largest absolute Gasteiger partial charge is 0.573 e. The summed E-state index contributed by atoms with van der Waals surface area (Å²) in [6, 6.07) is 6.75. The number of alkyl halides is 3. The van der Waals surface area contributed by atoms with E-state index in [0.29, 0.717) is 11.3 Å². The molecular weight excluding hydrogens is 591 g/mol. The number of nitrogens with one attached hydrogen (secondary N) is 1. The van der Waals surface area contributed by atoms with Crippen molar-refractivity contribution in [1.29, 1.82) is 0 Å². The Morgan fingerprint density at radius 2 is 1.63 bits per heavy atom. The predicted molar refractivity (Wildman–Crippen MR) is 142 cm³/mol. The van der Waals surface area contributed by atoms with Gasteiger partial charge in [-0.25, -0.2) is 22.3 Å². The van der Waals surface area contributed by atoms with Crippen molar-refractivity contribution in [2.24, 2.45) is 0 Å². The first-order chi connectivity index (χ1) is 18.9. The molecule has 11 nitrogen and oxygen atoms in total. The van der Waals surface area contributed by atoms with Crippen molar-refractivity contribution in [3.8, 4) is 11.5 Å². The number of halogens is 3. The molecule has 1 saturated heterocycles. The second-order valence-corrected chi connectivity index (χ2v) is 12.8. The number of carbonyl (C=O) groups is 3. The molecule has 3 rings (SSSR count). The monoisotopic (exact) mass is 619 g/mol. The van der Waals surface area contributed by atoms with Gasteiger partial charge in [-0.05, 0) is 55.8 Å². The first kappa shape index (κ1) is 32.0. The Labute approximate surface area is 238 Å². The number of carboxylic acids is 1. The molecular formula is C25H28F3N3O8S2. The third kappa shape index (κ3) is 8.27. The Kier molecular flexibility index (Phi) is 9.50. The molecule has 1 fully saturated rings. The average molecular weight is 620 g/mol. The smallest absolute Gasteiger partial charge is 0.480 e. The van der Waals surface area contributed by atoms with Crippen LogP contribution < -0.4 is 14.8 Å². The maximum atomic E-state index is 13.7. The lowest BCUT2D eigenvalue weighted by Crippen LogP contribution is -2.55. The highest BCUT2D eigenvalue weighted by Crippen LogP contribution is 2.32. The van der Waals surface area contributed by atoms with Gasteiger partial charge in [-0.15, -0.1) is 24.9 Å². The number of aliphatic carboxylic acids is 1. The zero-order valence-electron chi connectivity index (χ0n) is 22.3. The Morgan fingerprint density at radius 3 is 2.10 bits per heavy atom. The van der Waals surface area contributed by atoms with Crippen LogP contribution in [0.2, 0.25) is 0 Å². The van der Waals surface area contributed by atoms with Crippen LogP contribution in [0, 0.1) is 0 Å². The molecule has 0 spiro atoms. The van der Waals surface area contributed by atoms with Crippen molar-refractivity contribution in [2.45, 2.75) is 48.5 Å². The van der Waals surface area contributed by atoms with E-state index in [-0.39, 0.29) is 10.1 Å². The number of nitrogens with zero attached hydrogens (tertiary/aromatic N) is 2. The number of carbonyl (C=O) groups excluding carboxylic acids is 2. The highest BCUT2D eigenvalue weighted by Gasteiger charge is 2.46. The molecule has 2 amide bonds. The number of rotatable bonds is 9. The zero-order chi connectivity index (χ0) is 30.8. The van der Waals surface area contributed by atoms with Crippen LogP contribution in [0.5, 0.6) is 11.5 Å². The molecule has 0 aliphatic carbocycles. The van der Waals surface area contributed by atoms with Crippen molar-refractivity contribution in [1.82, 2.24) is 14.5 Å². The second-order valence-electron chi connectivity index (χ2n) is 9.84. The molecule has 0 saturated carbocycles. The number of sulfonamides is 1. The molecule has 1 aliphatic heterocycles. The minimum atomic E-state index is -5.02. The Morgan fingerprint density at radius 1 is 1.07 bits per heavy atom. The van der Waals surface area contributed by atoms with E-state index >= 15 is 0 Å². The fourth-order valence-electron chi connectivity index (χ4n) is 3.72. The highest BCUT2D eigenvalue weighted by molar-refractivity contribution is 8.01. The Hall–Kier alpha value is -3.50. The Bertz CT molecular complexity index is 1380. The minimum absolute atomic E-state index is 0.148. The molecule has 2 aromatic carbocycles. The quantitative estimate of drug-likeness (QED) is 0.429. The first-order valence-electron chi connectivity index (χ1n) is 11.9. The van der Waals surface area contributed by atoms with E-state index < -0.39 is 68.4 Å². The number of hydrogen-bond donors (Lipinski definition) is 2. The molecule has 1 heterocycles. The van der Waals surface area contributed by atoms with Gasteiger partial charge < -0.3 is 19.5 Å². The summed E-state index contributed by atoms with van der Waals surface area (Å²) in [4.78, 5) is 38.5. The van der Waals surface area contributed by atoms with E-state index in [1.54, 1.807) is 13.8 Å². The molecule has 2 aromatic rings. The van der Waals surface area contributed by atoms with E-state index in [1.807, 2.05) is 0 Å². The van der Waals surface area contributed by atoms with Gasteiger partial charge in [0.25, 0.3) is 15.9 Å². The Balaban J connectivity index is 1.99. The van der Waals surface area contributed by atoms with Crippen molar-refractivity contribution < 1.29 is 50.6 Å². The highest BCUT2D eigenvalue weighted by atomic mass is 32.2. The summed E-state index contributed by atoms with van der Waals surface area (Å²) < 4.78 is 74.4. The lowest BCUT2D eigenvalue weighted by Gasteiger charge is -2.31. The van der Waals surface area contributed by atoms with Crippen molar-refractivity contribution in [3.05, 3.63) is 54.1 Å². The number of benzene rings is 2. The molecule has 0 bridgehead atoms. The summed E-state index contributed by atoms with van der Waals surface area (Å²) in [5.74, 6) is -2.82. The lowest BCUT2D eigenvalue weighted by molar-refractivity contribution is -0.274. The van der Waals surface area contributed by atoms with Gasteiger partial charge >= 0.3 is 18.4 Å². The minimum Gasteiger partial charge on any atom is -0.480 e. The number of ether oxygens (including phenoxy) is 2. The number of carboxylic acid groups (broad SMARTS) is 1. The maximum absolute atomic E-state index is 13.7. The second kappa shape index (κ2) is 12.2. The van der Waals surface area contributed by atoms with Crippen LogP contribution >= 0.6 is 11.8 Å². The number of thioether (sulfide) groups is 1. The van der Waals surface area contributed by atoms with Gasteiger partial charge in [-0.3, -0.25) is 10.1 Å². The third-order valence-corrected chi connectivity index (χ3v) is 9.04. The van der Waals surface area contributed by atoms with Crippen molar-refractivity contribution in [3.63, 3.8) is 0 Å². The van der Waals surface area contributed by atoms with Gasteiger partial charge in [0.05, 0.1) is 4.90 Å². The van der Waals surface area contributed by atoms with E-state index in [1.165, 1.54) is 43.3 Å². The fourth-order valence-corrected chi connectivity index (χ4v) is 6.67. The van der Waals surface area contributed by atoms with Crippen molar-refractivity contribution in [2.75, 3.05) is 19.8 Å². The molecule has 0 radical (unpaired) electrons. The maximum Gasteiger partial charge on any atom is 0.573 e. The van der Waals surface area contributed by atoms with E-state index in [2.05, 4.69) is 10.1 Å². The molecule has 1 aliphatic rings. The van der Waals surface area contributed by atoms with Gasteiger partial charge in [-0.1, -0.05) is 12.1 Å². The lowest BCUT2D eigenvalue weighted by atomic mass is 10.1. The molecule has 41 heavy (non-hydrogen) atoms. The topological polar surface area (TPSA) is 143 Å². The molecule has 224 valence electrons. The third-order valence-electron chi connectivity index (χ3n) is 5.68. The predicted octanol–water partition coefficient (Wildman–Crippen LogP) is 3.30. The van der Waals surface area contributed by atoms with Crippen LogP contribution in [0.4, 0.5) is 18.0 Å². The zero-order valence-corrected chi connectivity index (χ0v) is 24.0.